The van der Waals surface area contributed by atoms with Crippen molar-refractivity contribution in [3.63, 3.8) is 0 Å². The number of rotatable bonds is 4. The second kappa shape index (κ2) is 8.10. The molecule has 4 N–H and O–H groups in total. The fraction of sp³-hybridized carbons (Fsp3) is 0.0741. The summed E-state index contributed by atoms with van der Waals surface area (Å²) in [6.07, 6.45) is 1.41. The molecule has 7 aromatic rings. The van der Waals surface area contributed by atoms with Gasteiger partial charge in [0.15, 0.2) is 11.2 Å². The van der Waals surface area contributed by atoms with E-state index in [-0.39, 0.29) is 17.9 Å². The Kier molecular flexibility index (Phi) is 4.67. The average molecular weight is 506 g/mol. The zero-order chi connectivity index (χ0) is 26.0. The summed E-state index contributed by atoms with van der Waals surface area (Å²) in [6, 6.07) is 19.4. The van der Waals surface area contributed by atoms with Crippen molar-refractivity contribution in [3.8, 4) is 16.9 Å². The van der Waals surface area contributed by atoms with Crippen LogP contribution >= 0.6 is 0 Å². The van der Waals surface area contributed by atoms with Crippen LogP contribution in [0.1, 0.15) is 18.7 Å². The Morgan fingerprint density at radius 3 is 2.63 bits per heavy atom. The third kappa shape index (κ3) is 3.29. The third-order valence-corrected chi connectivity index (χ3v) is 6.63. The number of para-hydroxylation sites is 1. The predicted molar refractivity (Wildman–Crippen MR) is 142 cm³/mol. The fourth-order valence-electron chi connectivity index (χ4n) is 4.86. The summed E-state index contributed by atoms with van der Waals surface area (Å²) < 4.78 is 23.2. The molecule has 7 rings (SSSR count). The molecule has 11 heteroatoms. The molecule has 4 aromatic heterocycles. The molecule has 0 aliphatic heterocycles. The maximum atomic E-state index is 14.3. The van der Waals surface area contributed by atoms with Gasteiger partial charge in [-0.3, -0.25) is 0 Å². The molecule has 0 aliphatic rings. The number of nitrogens with two attached hydrogens (primary N) is 2. The average Bonchev–Trinajstić information content (AvgIpc) is 3.61. The Hall–Kier alpha value is -5.32. The Balaban J connectivity index is 1.44. The molecule has 1 unspecified atom stereocenters. The van der Waals surface area contributed by atoms with Crippen LogP contribution in [0.2, 0.25) is 0 Å². The van der Waals surface area contributed by atoms with Crippen molar-refractivity contribution in [2.75, 3.05) is 11.5 Å². The number of benzene rings is 3. The summed E-state index contributed by atoms with van der Waals surface area (Å²) in [6.45, 7) is 1.97. The van der Waals surface area contributed by atoms with Gasteiger partial charge in [-0.15, -0.1) is 0 Å². The number of aromatic nitrogens is 7. The quantitative estimate of drug-likeness (QED) is 0.345. The van der Waals surface area contributed by atoms with Gasteiger partial charge in [0.1, 0.15) is 29.2 Å². The lowest BCUT2D eigenvalue weighted by Gasteiger charge is -2.11. The summed E-state index contributed by atoms with van der Waals surface area (Å²) in [7, 11) is 0. The molecule has 0 spiro atoms. The van der Waals surface area contributed by atoms with Gasteiger partial charge in [-0.1, -0.05) is 18.2 Å². The molecule has 186 valence electrons. The van der Waals surface area contributed by atoms with Crippen LogP contribution in [0, 0.1) is 5.82 Å². The van der Waals surface area contributed by atoms with Crippen molar-refractivity contribution in [1.29, 1.82) is 0 Å². The van der Waals surface area contributed by atoms with E-state index in [1.165, 1.54) is 18.5 Å². The number of nitrogen functional groups attached to an aromatic ring is 2. The summed E-state index contributed by atoms with van der Waals surface area (Å²) in [5, 5.41) is 11.3. The summed E-state index contributed by atoms with van der Waals surface area (Å²) in [5.41, 5.74) is 17.3. The van der Waals surface area contributed by atoms with Crippen LogP contribution in [-0.2, 0) is 0 Å². The summed E-state index contributed by atoms with van der Waals surface area (Å²) in [4.78, 5) is 13.0. The topological polar surface area (TPSA) is 139 Å². The highest BCUT2D eigenvalue weighted by Gasteiger charge is 2.25. The molecule has 38 heavy (non-hydrogen) atoms. The first-order chi connectivity index (χ1) is 18.5. The van der Waals surface area contributed by atoms with E-state index in [4.69, 9.17) is 26.1 Å². The first-order valence-corrected chi connectivity index (χ1v) is 11.9. The van der Waals surface area contributed by atoms with Crippen molar-refractivity contribution in [2.24, 2.45) is 0 Å². The molecular formula is C27H20FN9O. The van der Waals surface area contributed by atoms with Crippen LogP contribution in [-0.4, -0.2) is 34.5 Å². The monoisotopic (exact) mass is 505 g/mol. The number of fused-ring (bicyclic) bond motifs is 3. The standard InChI is InChI=1S/C27H20FN9O/c1-14(23-18-9-8-16(28)12-20(18)37(34-23)17-5-3-2-4-6-17)36-26-22(25(29)31-13-32-26)24(35-36)15-7-10-21-19(11-15)33-27(30)38-21/h2-14H,1H3,(H2,30,33)(H2,29,31,32). The first-order valence-electron chi connectivity index (χ1n) is 11.9. The molecule has 3 aromatic carbocycles. The predicted octanol–water partition coefficient (Wildman–Crippen LogP) is 4.89. The van der Waals surface area contributed by atoms with E-state index in [1.54, 1.807) is 21.5 Å². The van der Waals surface area contributed by atoms with E-state index in [1.807, 2.05) is 49.4 Å². The highest BCUT2D eigenvalue weighted by molar-refractivity contribution is 5.99. The molecule has 0 saturated heterocycles. The highest BCUT2D eigenvalue weighted by atomic mass is 19.1. The normalized spacial score (nSPS) is 12.6. The molecule has 0 fully saturated rings. The van der Waals surface area contributed by atoms with Crippen LogP contribution in [0.15, 0.2) is 77.5 Å². The van der Waals surface area contributed by atoms with Crippen LogP contribution in [0.4, 0.5) is 16.2 Å². The minimum absolute atomic E-state index is 0.0846. The Labute approximate surface area is 214 Å². The van der Waals surface area contributed by atoms with E-state index in [0.717, 1.165) is 16.6 Å². The van der Waals surface area contributed by atoms with Crippen LogP contribution in [0.3, 0.4) is 0 Å². The summed E-state index contributed by atoms with van der Waals surface area (Å²) in [5.74, 6) is -0.0463. The van der Waals surface area contributed by atoms with Gasteiger partial charge in [0.2, 0.25) is 0 Å². The molecule has 0 amide bonds. The molecule has 0 aliphatic carbocycles. The van der Waals surface area contributed by atoms with Crippen LogP contribution < -0.4 is 11.5 Å². The van der Waals surface area contributed by atoms with Gasteiger partial charge < -0.3 is 15.9 Å². The molecule has 0 bridgehead atoms. The smallest absolute Gasteiger partial charge is 0.292 e. The molecule has 0 saturated carbocycles. The van der Waals surface area contributed by atoms with E-state index in [2.05, 4.69) is 15.0 Å². The first kappa shape index (κ1) is 21.9. The van der Waals surface area contributed by atoms with Crippen molar-refractivity contribution >= 4 is 44.9 Å². The zero-order valence-electron chi connectivity index (χ0n) is 20.1. The SMILES string of the molecule is CC(c1nn(-c2ccccc2)c2cc(F)ccc12)n1nc(-c2ccc3oc(N)nc3c2)c2c(N)ncnc21. The molecular weight excluding hydrogens is 485 g/mol. The van der Waals surface area contributed by atoms with Crippen LogP contribution in [0.25, 0.3) is 50.0 Å². The molecule has 10 nitrogen and oxygen atoms in total. The lowest BCUT2D eigenvalue weighted by Crippen LogP contribution is -2.11. The Morgan fingerprint density at radius 1 is 0.947 bits per heavy atom. The van der Waals surface area contributed by atoms with Gasteiger partial charge >= 0.3 is 0 Å². The van der Waals surface area contributed by atoms with Crippen molar-refractivity contribution < 1.29 is 8.81 Å². The molecule has 1 atom stereocenters. The van der Waals surface area contributed by atoms with Gasteiger partial charge in [0.05, 0.1) is 28.3 Å². The third-order valence-electron chi connectivity index (χ3n) is 6.63. The van der Waals surface area contributed by atoms with Crippen molar-refractivity contribution in [1.82, 2.24) is 34.5 Å². The molecule has 0 radical (unpaired) electrons. The maximum absolute atomic E-state index is 14.3. The van der Waals surface area contributed by atoms with Gasteiger partial charge in [0, 0.05) is 17.0 Å². The highest BCUT2D eigenvalue weighted by Crippen LogP contribution is 2.36. The van der Waals surface area contributed by atoms with E-state index in [9.17, 15) is 4.39 Å². The number of anilines is 2. The lowest BCUT2D eigenvalue weighted by atomic mass is 10.1. The maximum Gasteiger partial charge on any atom is 0.292 e. The number of hydrogen-bond acceptors (Lipinski definition) is 8. The van der Waals surface area contributed by atoms with Gasteiger partial charge in [-0.2, -0.15) is 15.2 Å². The number of nitrogens with zero attached hydrogens (tertiary/aromatic N) is 7. The Bertz CT molecular complexity index is 1990. The number of oxazole rings is 1. The van der Waals surface area contributed by atoms with E-state index < -0.39 is 0 Å². The minimum atomic E-state index is -0.384. The van der Waals surface area contributed by atoms with Crippen molar-refractivity contribution in [2.45, 2.75) is 13.0 Å². The second-order valence-electron chi connectivity index (χ2n) is 8.96. The fourth-order valence-corrected chi connectivity index (χ4v) is 4.86. The van der Waals surface area contributed by atoms with Crippen LogP contribution in [0.5, 0.6) is 0 Å². The molecule has 4 heterocycles. The number of hydrogen-bond donors (Lipinski definition) is 2. The van der Waals surface area contributed by atoms with Crippen molar-refractivity contribution in [3.05, 3.63) is 84.6 Å². The van der Waals surface area contributed by atoms with Gasteiger partial charge in [-0.05, 0) is 49.4 Å². The lowest BCUT2D eigenvalue weighted by molar-refractivity contribution is 0.564. The summed E-state index contributed by atoms with van der Waals surface area (Å²) >= 11 is 0. The zero-order valence-corrected chi connectivity index (χ0v) is 20.1. The number of halogens is 1. The second-order valence-corrected chi connectivity index (χ2v) is 8.96. The largest absolute Gasteiger partial charge is 0.424 e. The Morgan fingerprint density at radius 2 is 1.79 bits per heavy atom. The van der Waals surface area contributed by atoms with Gasteiger partial charge in [0.25, 0.3) is 6.01 Å². The van der Waals surface area contributed by atoms with E-state index >= 15 is 0 Å². The minimum Gasteiger partial charge on any atom is -0.424 e. The van der Waals surface area contributed by atoms with Gasteiger partial charge in [-0.25, -0.2) is 23.7 Å². The van der Waals surface area contributed by atoms with E-state index in [0.29, 0.717) is 44.9 Å².